The molecular formula is C15H28O7. The fourth-order valence-electron chi connectivity index (χ4n) is 1.38. The summed E-state index contributed by atoms with van der Waals surface area (Å²) < 4.78 is 5.18. The predicted octanol–water partition coefficient (Wildman–Crippen LogP) is 1.29. The van der Waals surface area contributed by atoms with Crippen LogP contribution in [0.3, 0.4) is 0 Å². The van der Waals surface area contributed by atoms with Gasteiger partial charge < -0.3 is 25.2 Å². The van der Waals surface area contributed by atoms with Crippen LogP contribution < -0.4 is 0 Å². The Bertz CT molecular complexity index is 287. The lowest BCUT2D eigenvalue weighted by Crippen LogP contribution is -2.34. The minimum atomic E-state index is -0.870. The molecule has 0 aliphatic carbocycles. The maximum absolute atomic E-state index is 9.90. The highest BCUT2D eigenvalue weighted by molar-refractivity contribution is 5.67. The average Bonchev–Trinajstić information content (AvgIpc) is 2.49. The lowest BCUT2D eigenvalue weighted by molar-refractivity contribution is -0.139. The lowest BCUT2D eigenvalue weighted by atomic mass is 9.88. The number of unbranched alkanes of at least 4 members (excludes halogenated alkanes) is 1. The smallest absolute Gasteiger partial charge is 0.303 e. The number of aliphatic carboxylic acids is 2. The SMILES string of the molecule is C=CCOCC(CC)(CO)CO.O=C(O)CCCCC(=O)O. The molecule has 0 radical (unpaired) electrons. The Labute approximate surface area is 131 Å². The van der Waals surface area contributed by atoms with Gasteiger partial charge in [-0.25, -0.2) is 0 Å². The summed E-state index contributed by atoms with van der Waals surface area (Å²) in [7, 11) is 0. The summed E-state index contributed by atoms with van der Waals surface area (Å²) in [6, 6.07) is 0. The van der Waals surface area contributed by atoms with Crippen molar-refractivity contribution < 1.29 is 34.8 Å². The molecule has 0 fully saturated rings. The number of aliphatic hydroxyl groups is 2. The van der Waals surface area contributed by atoms with Gasteiger partial charge in [0, 0.05) is 18.3 Å². The summed E-state index contributed by atoms with van der Waals surface area (Å²) in [6.07, 6.45) is 3.37. The van der Waals surface area contributed by atoms with Crippen molar-refractivity contribution in [1.82, 2.24) is 0 Å². The van der Waals surface area contributed by atoms with Crippen LogP contribution in [-0.2, 0) is 14.3 Å². The molecule has 0 unspecified atom stereocenters. The van der Waals surface area contributed by atoms with E-state index in [-0.39, 0.29) is 26.1 Å². The molecule has 7 nitrogen and oxygen atoms in total. The molecule has 0 heterocycles. The summed E-state index contributed by atoms with van der Waals surface area (Å²) in [6.45, 7) is 6.18. The molecule has 0 aromatic heterocycles. The zero-order valence-electron chi connectivity index (χ0n) is 13.2. The first-order chi connectivity index (χ1) is 10.4. The molecule has 7 heteroatoms. The Hall–Kier alpha value is -1.44. The first-order valence-electron chi connectivity index (χ1n) is 7.21. The fourth-order valence-corrected chi connectivity index (χ4v) is 1.38. The molecule has 0 aliphatic heterocycles. The molecule has 0 rings (SSSR count). The number of carboxylic acids is 2. The second-order valence-electron chi connectivity index (χ2n) is 4.97. The Morgan fingerprint density at radius 3 is 1.82 bits per heavy atom. The van der Waals surface area contributed by atoms with E-state index < -0.39 is 17.4 Å². The van der Waals surface area contributed by atoms with Crippen LogP contribution in [0.2, 0.25) is 0 Å². The van der Waals surface area contributed by atoms with Gasteiger partial charge in [-0.15, -0.1) is 6.58 Å². The van der Waals surface area contributed by atoms with Crippen LogP contribution in [0.1, 0.15) is 39.0 Å². The Balaban J connectivity index is 0. The van der Waals surface area contributed by atoms with Gasteiger partial charge >= 0.3 is 11.9 Å². The van der Waals surface area contributed by atoms with E-state index in [1.165, 1.54) is 0 Å². The van der Waals surface area contributed by atoms with Crippen LogP contribution in [0.25, 0.3) is 0 Å². The zero-order valence-corrected chi connectivity index (χ0v) is 13.2. The molecule has 22 heavy (non-hydrogen) atoms. The summed E-state index contributed by atoms with van der Waals surface area (Å²) in [5.74, 6) is -1.74. The van der Waals surface area contributed by atoms with Gasteiger partial charge in [-0.05, 0) is 19.3 Å². The molecule has 0 amide bonds. The van der Waals surface area contributed by atoms with Gasteiger partial charge in [0.2, 0.25) is 0 Å². The van der Waals surface area contributed by atoms with Crippen LogP contribution in [0.5, 0.6) is 0 Å². The molecule has 130 valence electrons. The van der Waals surface area contributed by atoms with E-state index in [4.69, 9.17) is 25.2 Å². The summed E-state index contributed by atoms with van der Waals surface area (Å²) >= 11 is 0. The van der Waals surface area contributed by atoms with Gasteiger partial charge in [-0.1, -0.05) is 13.0 Å². The molecule has 0 aliphatic rings. The van der Waals surface area contributed by atoms with Crippen molar-refractivity contribution in [3.63, 3.8) is 0 Å². The van der Waals surface area contributed by atoms with E-state index in [9.17, 15) is 9.59 Å². The highest BCUT2D eigenvalue weighted by Crippen LogP contribution is 2.20. The summed E-state index contributed by atoms with van der Waals surface area (Å²) in [5, 5.41) is 34.3. The molecule has 0 saturated heterocycles. The molecule has 0 aromatic carbocycles. The standard InChI is InChI=1S/C9H18O3.C6H10O4/c1-3-5-12-8-9(4-2,6-10)7-11;7-5(8)3-1-2-4-6(9)10/h3,10-11H,1,4-8H2,2H3;1-4H2,(H,7,8)(H,9,10). The van der Waals surface area contributed by atoms with Crippen molar-refractivity contribution in [3.8, 4) is 0 Å². The van der Waals surface area contributed by atoms with Crippen LogP contribution in [0, 0.1) is 5.41 Å². The Morgan fingerprint density at radius 1 is 1.09 bits per heavy atom. The number of hydrogen-bond acceptors (Lipinski definition) is 5. The number of rotatable bonds is 12. The summed E-state index contributed by atoms with van der Waals surface area (Å²) in [4.78, 5) is 19.8. The highest BCUT2D eigenvalue weighted by atomic mass is 16.5. The van der Waals surface area contributed by atoms with Crippen molar-refractivity contribution in [3.05, 3.63) is 12.7 Å². The molecule has 0 atom stereocenters. The normalized spacial score (nSPS) is 10.5. The van der Waals surface area contributed by atoms with E-state index in [0.29, 0.717) is 32.5 Å². The molecule has 4 N–H and O–H groups in total. The number of hydrogen-bond donors (Lipinski definition) is 4. The number of aliphatic hydroxyl groups excluding tert-OH is 2. The molecular weight excluding hydrogens is 292 g/mol. The Kier molecular flexibility index (Phi) is 15.0. The largest absolute Gasteiger partial charge is 0.481 e. The predicted molar refractivity (Wildman–Crippen MR) is 81.7 cm³/mol. The monoisotopic (exact) mass is 320 g/mol. The maximum Gasteiger partial charge on any atom is 0.303 e. The van der Waals surface area contributed by atoms with E-state index in [2.05, 4.69) is 6.58 Å². The van der Waals surface area contributed by atoms with Gasteiger partial charge in [-0.2, -0.15) is 0 Å². The van der Waals surface area contributed by atoms with Crippen molar-refractivity contribution >= 4 is 11.9 Å². The highest BCUT2D eigenvalue weighted by Gasteiger charge is 2.26. The third kappa shape index (κ3) is 13.5. The van der Waals surface area contributed by atoms with Gasteiger partial charge in [0.15, 0.2) is 0 Å². The average molecular weight is 320 g/mol. The molecule has 0 saturated carbocycles. The van der Waals surface area contributed by atoms with Crippen LogP contribution >= 0.6 is 0 Å². The topological polar surface area (TPSA) is 124 Å². The van der Waals surface area contributed by atoms with E-state index in [1.54, 1.807) is 6.08 Å². The van der Waals surface area contributed by atoms with Gasteiger partial charge in [0.05, 0.1) is 26.4 Å². The van der Waals surface area contributed by atoms with Crippen molar-refractivity contribution in [1.29, 1.82) is 0 Å². The quantitative estimate of drug-likeness (QED) is 0.315. The van der Waals surface area contributed by atoms with Gasteiger partial charge in [0.1, 0.15) is 0 Å². The second-order valence-corrected chi connectivity index (χ2v) is 4.97. The lowest BCUT2D eigenvalue weighted by Gasteiger charge is -2.27. The van der Waals surface area contributed by atoms with Crippen molar-refractivity contribution in [2.45, 2.75) is 39.0 Å². The number of ether oxygens (including phenoxy) is 1. The first kappa shape index (κ1) is 22.8. The van der Waals surface area contributed by atoms with Crippen LogP contribution in [0.4, 0.5) is 0 Å². The second kappa shape index (κ2) is 14.5. The van der Waals surface area contributed by atoms with Crippen LogP contribution in [-0.4, -0.2) is 58.8 Å². The first-order valence-corrected chi connectivity index (χ1v) is 7.21. The van der Waals surface area contributed by atoms with Gasteiger partial charge in [0.25, 0.3) is 0 Å². The van der Waals surface area contributed by atoms with E-state index in [0.717, 1.165) is 0 Å². The summed E-state index contributed by atoms with van der Waals surface area (Å²) in [5.41, 5.74) is -0.483. The third-order valence-corrected chi connectivity index (χ3v) is 3.10. The molecule has 0 aromatic rings. The minimum Gasteiger partial charge on any atom is -0.481 e. The fraction of sp³-hybridized carbons (Fsp3) is 0.733. The molecule has 0 spiro atoms. The zero-order chi connectivity index (χ0) is 17.4. The van der Waals surface area contributed by atoms with Crippen LogP contribution in [0.15, 0.2) is 12.7 Å². The number of carboxylic acid groups (broad SMARTS) is 2. The minimum absolute atomic E-state index is 0.0445. The third-order valence-electron chi connectivity index (χ3n) is 3.10. The van der Waals surface area contributed by atoms with Crippen molar-refractivity contribution in [2.75, 3.05) is 26.4 Å². The van der Waals surface area contributed by atoms with Crippen molar-refractivity contribution in [2.24, 2.45) is 5.41 Å². The number of carbonyl (C=O) groups is 2. The van der Waals surface area contributed by atoms with E-state index >= 15 is 0 Å². The van der Waals surface area contributed by atoms with E-state index in [1.807, 2.05) is 6.92 Å². The van der Waals surface area contributed by atoms with Gasteiger partial charge in [-0.3, -0.25) is 9.59 Å². The Morgan fingerprint density at radius 2 is 1.55 bits per heavy atom. The molecule has 0 bridgehead atoms. The maximum atomic E-state index is 9.90.